The summed E-state index contributed by atoms with van der Waals surface area (Å²) in [5.41, 5.74) is 1.82. The lowest BCUT2D eigenvalue weighted by molar-refractivity contribution is -0.115. The molecule has 0 aliphatic heterocycles. The molecular weight excluding hydrogens is 316 g/mol. The van der Waals surface area contributed by atoms with Crippen LogP contribution in [0.4, 0.5) is 17.3 Å². The Morgan fingerprint density at radius 3 is 2.24 bits per heavy atom. The van der Waals surface area contributed by atoms with Crippen molar-refractivity contribution in [1.29, 1.82) is 0 Å². The zero-order valence-electron chi connectivity index (χ0n) is 13.8. The number of carbonyl (C=O) groups excluding carboxylic acids is 1. The number of hydrogen-bond acceptors (Lipinski definition) is 5. The molecule has 6 nitrogen and oxygen atoms in total. The lowest BCUT2D eigenvalue weighted by atomic mass is 10.1. The summed E-state index contributed by atoms with van der Waals surface area (Å²) in [6.45, 7) is 0. The Kier molecular flexibility index (Phi) is 5.21. The van der Waals surface area contributed by atoms with Crippen LogP contribution < -0.4 is 15.4 Å². The number of nitrogens with zero attached hydrogens (tertiary/aromatic N) is 2. The van der Waals surface area contributed by atoms with Crippen molar-refractivity contribution >= 4 is 23.2 Å². The molecule has 0 unspecified atom stereocenters. The molecule has 0 atom stereocenters. The molecule has 0 fully saturated rings. The SMILES string of the molecule is COc1ccc(CC(=O)Nc2ccc(Nc3ccccc3)nn2)cc1. The van der Waals surface area contributed by atoms with Crippen LogP contribution in [0.5, 0.6) is 5.75 Å². The molecule has 0 bridgehead atoms. The minimum atomic E-state index is -0.150. The quantitative estimate of drug-likeness (QED) is 0.722. The van der Waals surface area contributed by atoms with Crippen LogP contribution in [0, 0.1) is 0 Å². The van der Waals surface area contributed by atoms with E-state index in [0.717, 1.165) is 17.0 Å². The average molecular weight is 334 g/mol. The van der Waals surface area contributed by atoms with Crippen molar-refractivity contribution in [2.24, 2.45) is 0 Å². The second-order valence-electron chi connectivity index (χ2n) is 5.37. The van der Waals surface area contributed by atoms with Crippen molar-refractivity contribution in [3.05, 3.63) is 72.3 Å². The second kappa shape index (κ2) is 7.92. The summed E-state index contributed by atoms with van der Waals surface area (Å²) >= 11 is 0. The number of hydrogen-bond donors (Lipinski definition) is 2. The summed E-state index contributed by atoms with van der Waals surface area (Å²) < 4.78 is 5.10. The Morgan fingerprint density at radius 1 is 0.920 bits per heavy atom. The molecule has 3 rings (SSSR count). The van der Waals surface area contributed by atoms with Crippen LogP contribution in [0.15, 0.2) is 66.7 Å². The molecule has 2 N–H and O–H groups in total. The maximum Gasteiger partial charge on any atom is 0.229 e. The van der Waals surface area contributed by atoms with Crippen molar-refractivity contribution in [1.82, 2.24) is 10.2 Å². The number of rotatable bonds is 6. The molecule has 1 amide bonds. The van der Waals surface area contributed by atoms with Crippen molar-refractivity contribution in [3.8, 4) is 5.75 Å². The summed E-state index contributed by atoms with van der Waals surface area (Å²) in [5, 5.41) is 14.0. The molecule has 3 aromatic rings. The monoisotopic (exact) mass is 334 g/mol. The van der Waals surface area contributed by atoms with E-state index in [4.69, 9.17) is 4.74 Å². The molecule has 2 aromatic carbocycles. The smallest absolute Gasteiger partial charge is 0.229 e. The normalized spacial score (nSPS) is 10.1. The summed E-state index contributed by atoms with van der Waals surface area (Å²) in [7, 11) is 1.61. The molecule has 126 valence electrons. The topological polar surface area (TPSA) is 76.1 Å². The van der Waals surface area contributed by atoms with Crippen LogP contribution in [-0.2, 0) is 11.2 Å². The van der Waals surface area contributed by atoms with Gasteiger partial charge in [0.1, 0.15) is 5.75 Å². The highest BCUT2D eigenvalue weighted by molar-refractivity contribution is 5.91. The molecular formula is C19H18N4O2. The lowest BCUT2D eigenvalue weighted by Gasteiger charge is -2.07. The number of carbonyl (C=O) groups is 1. The maximum absolute atomic E-state index is 12.1. The number of ether oxygens (including phenoxy) is 1. The van der Waals surface area contributed by atoms with E-state index >= 15 is 0 Å². The van der Waals surface area contributed by atoms with Gasteiger partial charge in [-0.1, -0.05) is 30.3 Å². The highest BCUT2D eigenvalue weighted by Crippen LogP contribution is 2.15. The first-order valence-electron chi connectivity index (χ1n) is 7.81. The Morgan fingerprint density at radius 2 is 1.60 bits per heavy atom. The third-order valence-corrected chi connectivity index (χ3v) is 3.50. The van der Waals surface area contributed by atoms with Gasteiger partial charge in [0.25, 0.3) is 0 Å². The number of amides is 1. The summed E-state index contributed by atoms with van der Waals surface area (Å²) in [6.07, 6.45) is 0.260. The zero-order chi connectivity index (χ0) is 17.5. The van der Waals surface area contributed by atoms with E-state index in [1.54, 1.807) is 19.2 Å². The van der Waals surface area contributed by atoms with Crippen LogP contribution in [0.2, 0.25) is 0 Å². The predicted octanol–water partition coefficient (Wildman–Crippen LogP) is 3.41. The number of para-hydroxylation sites is 1. The van der Waals surface area contributed by atoms with Crippen LogP contribution in [-0.4, -0.2) is 23.2 Å². The molecule has 1 aromatic heterocycles. The molecule has 0 aliphatic rings. The molecule has 0 spiro atoms. The van der Waals surface area contributed by atoms with E-state index in [-0.39, 0.29) is 12.3 Å². The third kappa shape index (κ3) is 4.78. The molecule has 0 saturated heterocycles. The highest BCUT2D eigenvalue weighted by atomic mass is 16.5. The van der Waals surface area contributed by atoms with Crippen molar-refractivity contribution < 1.29 is 9.53 Å². The third-order valence-electron chi connectivity index (χ3n) is 3.50. The minimum Gasteiger partial charge on any atom is -0.497 e. The van der Waals surface area contributed by atoms with Crippen LogP contribution in [0.1, 0.15) is 5.56 Å². The summed E-state index contributed by atoms with van der Waals surface area (Å²) in [6, 6.07) is 20.5. The average Bonchev–Trinajstić information content (AvgIpc) is 2.65. The number of benzene rings is 2. The van der Waals surface area contributed by atoms with Gasteiger partial charge in [-0.05, 0) is 42.0 Å². The van der Waals surface area contributed by atoms with Gasteiger partial charge >= 0.3 is 0 Å². The van der Waals surface area contributed by atoms with Crippen molar-refractivity contribution in [2.75, 3.05) is 17.7 Å². The Bertz CT molecular complexity index is 818. The van der Waals surface area contributed by atoms with Gasteiger partial charge in [-0.15, -0.1) is 10.2 Å². The first-order valence-corrected chi connectivity index (χ1v) is 7.81. The largest absolute Gasteiger partial charge is 0.497 e. The Labute approximate surface area is 145 Å². The Balaban J connectivity index is 1.56. The second-order valence-corrected chi connectivity index (χ2v) is 5.37. The fourth-order valence-electron chi connectivity index (χ4n) is 2.25. The minimum absolute atomic E-state index is 0.150. The summed E-state index contributed by atoms with van der Waals surface area (Å²) in [4.78, 5) is 12.1. The fraction of sp³-hybridized carbons (Fsp3) is 0.105. The van der Waals surface area contributed by atoms with E-state index in [2.05, 4.69) is 20.8 Å². The number of aromatic nitrogens is 2. The van der Waals surface area contributed by atoms with Crippen molar-refractivity contribution in [3.63, 3.8) is 0 Å². The van der Waals surface area contributed by atoms with E-state index in [1.807, 2.05) is 54.6 Å². The van der Waals surface area contributed by atoms with Gasteiger partial charge in [0.15, 0.2) is 11.6 Å². The standard InChI is InChI=1S/C19H18N4O2/c1-25-16-9-7-14(8-10-16)13-19(24)21-18-12-11-17(22-23-18)20-15-5-3-2-4-6-15/h2-12H,13H2,1H3,(H,20,22)(H,21,23,24). The van der Waals surface area contributed by atoms with Crippen LogP contribution in [0.3, 0.4) is 0 Å². The van der Waals surface area contributed by atoms with Gasteiger partial charge in [-0.2, -0.15) is 0 Å². The number of anilines is 3. The van der Waals surface area contributed by atoms with Gasteiger partial charge in [0.2, 0.25) is 5.91 Å². The fourth-order valence-corrected chi connectivity index (χ4v) is 2.25. The van der Waals surface area contributed by atoms with E-state index < -0.39 is 0 Å². The molecule has 1 heterocycles. The van der Waals surface area contributed by atoms with E-state index in [9.17, 15) is 4.79 Å². The molecule has 0 saturated carbocycles. The van der Waals surface area contributed by atoms with Gasteiger partial charge in [0, 0.05) is 5.69 Å². The van der Waals surface area contributed by atoms with Crippen LogP contribution in [0.25, 0.3) is 0 Å². The molecule has 0 aliphatic carbocycles. The van der Waals surface area contributed by atoms with Gasteiger partial charge in [-0.25, -0.2) is 0 Å². The maximum atomic E-state index is 12.1. The summed E-state index contributed by atoms with van der Waals surface area (Å²) in [5.74, 6) is 1.64. The van der Waals surface area contributed by atoms with Gasteiger partial charge < -0.3 is 15.4 Å². The molecule has 25 heavy (non-hydrogen) atoms. The highest BCUT2D eigenvalue weighted by Gasteiger charge is 2.06. The van der Waals surface area contributed by atoms with E-state index in [0.29, 0.717) is 11.6 Å². The molecule has 0 radical (unpaired) electrons. The number of methoxy groups -OCH3 is 1. The van der Waals surface area contributed by atoms with Crippen LogP contribution >= 0.6 is 0 Å². The van der Waals surface area contributed by atoms with Crippen molar-refractivity contribution in [2.45, 2.75) is 6.42 Å². The predicted molar refractivity (Wildman–Crippen MR) is 97.1 cm³/mol. The zero-order valence-corrected chi connectivity index (χ0v) is 13.8. The molecule has 6 heteroatoms. The Hall–Kier alpha value is -3.41. The lowest BCUT2D eigenvalue weighted by Crippen LogP contribution is -2.15. The first-order chi connectivity index (χ1) is 12.2. The number of nitrogens with one attached hydrogen (secondary N) is 2. The van der Waals surface area contributed by atoms with Gasteiger partial charge in [-0.3, -0.25) is 4.79 Å². The van der Waals surface area contributed by atoms with E-state index in [1.165, 1.54) is 0 Å². The van der Waals surface area contributed by atoms with Gasteiger partial charge in [0.05, 0.1) is 13.5 Å². The first kappa shape index (κ1) is 16.4.